The van der Waals surface area contributed by atoms with E-state index in [-0.39, 0.29) is 30.3 Å². The van der Waals surface area contributed by atoms with Gasteiger partial charge in [-0.25, -0.2) is 0 Å². The molecule has 0 aromatic heterocycles. The molecule has 2 rings (SSSR count). The first-order valence-electron chi connectivity index (χ1n) is 9.38. The van der Waals surface area contributed by atoms with Crippen LogP contribution >= 0.6 is 0 Å². The van der Waals surface area contributed by atoms with Gasteiger partial charge in [0.1, 0.15) is 12.1 Å². The molecule has 6 nitrogen and oxygen atoms in total. The quantitative estimate of drug-likeness (QED) is 0.570. The first kappa shape index (κ1) is 18.7. The van der Waals surface area contributed by atoms with Gasteiger partial charge in [0, 0.05) is 19.5 Å². The Morgan fingerprint density at radius 3 is 2.67 bits per heavy atom. The third-order valence-corrected chi connectivity index (χ3v) is 4.86. The monoisotopic (exact) mass is 338 g/mol. The highest BCUT2D eigenvalue weighted by Gasteiger charge is 2.35. The highest BCUT2D eigenvalue weighted by Crippen LogP contribution is 2.21. The Kier molecular flexibility index (Phi) is 7.53. The number of rotatable bonds is 7. The summed E-state index contributed by atoms with van der Waals surface area (Å²) in [6.07, 6.45) is 8.43. The van der Waals surface area contributed by atoms with E-state index >= 15 is 0 Å². The van der Waals surface area contributed by atoms with Crippen LogP contribution in [0.3, 0.4) is 0 Å². The molecular formula is C18H30N2O4. The van der Waals surface area contributed by atoms with Crippen LogP contribution in [-0.4, -0.2) is 47.9 Å². The number of nitrogens with zero attached hydrogens (tertiary/aromatic N) is 1. The average molecular weight is 338 g/mol. The molecule has 0 spiro atoms. The number of nitrogens with one attached hydrogen (secondary N) is 1. The molecule has 0 aromatic carbocycles. The average Bonchev–Trinajstić information content (AvgIpc) is 2.57. The van der Waals surface area contributed by atoms with Crippen LogP contribution in [0.5, 0.6) is 0 Å². The fourth-order valence-corrected chi connectivity index (χ4v) is 3.46. The van der Waals surface area contributed by atoms with Crippen LogP contribution in [0.25, 0.3) is 0 Å². The van der Waals surface area contributed by atoms with E-state index in [1.807, 2.05) is 0 Å². The molecule has 6 heteroatoms. The maximum absolute atomic E-state index is 12.4. The van der Waals surface area contributed by atoms with Crippen LogP contribution in [0.1, 0.15) is 71.1 Å². The maximum atomic E-state index is 12.4. The number of unbranched alkanes of at least 4 members (excludes halogenated alkanes) is 2. The number of hydrogen-bond donors (Lipinski definition) is 1. The summed E-state index contributed by atoms with van der Waals surface area (Å²) >= 11 is 0. The summed E-state index contributed by atoms with van der Waals surface area (Å²) in [6.45, 7) is 3.01. The second-order valence-electron chi connectivity index (χ2n) is 6.81. The Balaban J connectivity index is 1.88. The van der Waals surface area contributed by atoms with Crippen LogP contribution in [0, 0.1) is 0 Å². The minimum Gasteiger partial charge on any atom is -0.462 e. The molecule has 2 amide bonds. The lowest BCUT2D eigenvalue weighted by molar-refractivity contribution is -0.156. The fourth-order valence-electron chi connectivity index (χ4n) is 3.46. The number of carbonyl (C=O) groups excluding carboxylic acids is 3. The fraction of sp³-hybridized carbons (Fsp3) is 0.833. The number of amides is 2. The summed E-state index contributed by atoms with van der Waals surface area (Å²) in [5.41, 5.74) is 0. The van der Waals surface area contributed by atoms with E-state index in [1.54, 1.807) is 4.90 Å². The van der Waals surface area contributed by atoms with Gasteiger partial charge in [0.15, 0.2) is 0 Å². The Hall–Kier alpha value is -1.59. The summed E-state index contributed by atoms with van der Waals surface area (Å²) in [4.78, 5) is 38.3. The lowest BCUT2D eigenvalue weighted by atomic mass is 9.98. The topological polar surface area (TPSA) is 75.7 Å². The zero-order valence-corrected chi connectivity index (χ0v) is 14.7. The molecule has 1 saturated heterocycles. The summed E-state index contributed by atoms with van der Waals surface area (Å²) in [5.74, 6) is -0.644. The van der Waals surface area contributed by atoms with Gasteiger partial charge in [0.05, 0.1) is 6.42 Å². The van der Waals surface area contributed by atoms with Crippen LogP contribution in [0.2, 0.25) is 0 Å². The molecule has 0 unspecified atom stereocenters. The molecule has 1 heterocycles. The normalized spacial score (nSPS) is 22.1. The molecule has 24 heavy (non-hydrogen) atoms. The van der Waals surface area contributed by atoms with Crippen LogP contribution in [0.15, 0.2) is 0 Å². The van der Waals surface area contributed by atoms with Crippen LogP contribution < -0.4 is 5.32 Å². The van der Waals surface area contributed by atoms with Gasteiger partial charge in [-0.05, 0) is 32.1 Å². The Labute approximate surface area is 144 Å². The molecule has 2 aliphatic rings. The van der Waals surface area contributed by atoms with Crippen LogP contribution in [0.4, 0.5) is 0 Å². The maximum Gasteiger partial charge on any atom is 0.308 e. The molecule has 1 aliphatic carbocycles. The van der Waals surface area contributed by atoms with Crippen molar-refractivity contribution in [2.75, 3.05) is 13.1 Å². The Bertz CT molecular complexity index is 446. The van der Waals surface area contributed by atoms with E-state index in [0.29, 0.717) is 19.5 Å². The van der Waals surface area contributed by atoms with Gasteiger partial charge in [-0.15, -0.1) is 0 Å². The third kappa shape index (κ3) is 5.49. The smallest absolute Gasteiger partial charge is 0.308 e. The summed E-state index contributed by atoms with van der Waals surface area (Å²) in [7, 11) is 0. The number of carbonyl (C=O) groups is 3. The van der Waals surface area contributed by atoms with Crippen molar-refractivity contribution < 1.29 is 19.1 Å². The number of ether oxygens (including phenoxy) is 1. The second kappa shape index (κ2) is 9.64. The summed E-state index contributed by atoms with van der Waals surface area (Å²) < 4.78 is 5.51. The van der Waals surface area contributed by atoms with Gasteiger partial charge in [-0.1, -0.05) is 26.2 Å². The van der Waals surface area contributed by atoms with Crippen molar-refractivity contribution in [2.45, 2.75) is 83.3 Å². The minimum absolute atomic E-state index is 0.0217. The summed E-state index contributed by atoms with van der Waals surface area (Å²) in [6, 6.07) is -0.719. The van der Waals surface area contributed by atoms with E-state index in [4.69, 9.17) is 4.74 Å². The zero-order valence-electron chi connectivity index (χ0n) is 14.7. The highest BCUT2D eigenvalue weighted by molar-refractivity contribution is 5.91. The predicted octanol–water partition coefficient (Wildman–Crippen LogP) is 2.16. The number of piperazine rings is 1. The van der Waals surface area contributed by atoms with Crippen molar-refractivity contribution >= 4 is 17.8 Å². The van der Waals surface area contributed by atoms with E-state index < -0.39 is 6.04 Å². The molecule has 1 N–H and O–H groups in total. The number of hydrogen-bond acceptors (Lipinski definition) is 4. The van der Waals surface area contributed by atoms with Crippen molar-refractivity contribution in [3.8, 4) is 0 Å². The van der Waals surface area contributed by atoms with Gasteiger partial charge in [0.2, 0.25) is 11.8 Å². The Morgan fingerprint density at radius 1 is 1.21 bits per heavy atom. The SMILES string of the molecule is CCCCCC(=O)N1CCNC(=O)[C@H]1CC(=O)OC1CCCCC1. The van der Waals surface area contributed by atoms with Crippen molar-refractivity contribution in [1.29, 1.82) is 0 Å². The lowest BCUT2D eigenvalue weighted by Crippen LogP contribution is -2.57. The van der Waals surface area contributed by atoms with Gasteiger partial charge < -0.3 is 15.0 Å². The largest absolute Gasteiger partial charge is 0.462 e. The molecule has 2 fully saturated rings. The van der Waals surface area contributed by atoms with E-state index in [0.717, 1.165) is 44.9 Å². The first-order chi connectivity index (χ1) is 11.6. The van der Waals surface area contributed by atoms with Gasteiger partial charge in [-0.3, -0.25) is 14.4 Å². The molecule has 1 atom stereocenters. The predicted molar refractivity (Wildman–Crippen MR) is 90.2 cm³/mol. The second-order valence-corrected chi connectivity index (χ2v) is 6.81. The molecule has 136 valence electrons. The first-order valence-corrected chi connectivity index (χ1v) is 9.38. The summed E-state index contributed by atoms with van der Waals surface area (Å²) in [5, 5.41) is 2.75. The van der Waals surface area contributed by atoms with Gasteiger partial charge in [0.25, 0.3) is 0 Å². The van der Waals surface area contributed by atoms with Crippen molar-refractivity contribution in [1.82, 2.24) is 10.2 Å². The number of esters is 1. The lowest BCUT2D eigenvalue weighted by Gasteiger charge is -2.35. The van der Waals surface area contributed by atoms with Crippen molar-refractivity contribution in [3.05, 3.63) is 0 Å². The molecular weight excluding hydrogens is 308 g/mol. The molecule has 0 aromatic rings. The Morgan fingerprint density at radius 2 is 1.96 bits per heavy atom. The molecule has 0 radical (unpaired) electrons. The highest BCUT2D eigenvalue weighted by atomic mass is 16.5. The molecule has 0 bridgehead atoms. The van der Waals surface area contributed by atoms with E-state index in [2.05, 4.69) is 12.2 Å². The molecule has 1 saturated carbocycles. The standard InChI is InChI=1S/C18H30N2O4/c1-2-3-5-10-16(21)20-12-11-19-18(23)15(20)13-17(22)24-14-8-6-4-7-9-14/h14-15H,2-13H2,1H3,(H,19,23)/t15-/m1/s1. The zero-order chi connectivity index (χ0) is 17.4. The van der Waals surface area contributed by atoms with E-state index in [1.165, 1.54) is 6.42 Å². The van der Waals surface area contributed by atoms with E-state index in [9.17, 15) is 14.4 Å². The minimum atomic E-state index is -0.719. The van der Waals surface area contributed by atoms with Crippen molar-refractivity contribution in [2.24, 2.45) is 0 Å². The molecule has 1 aliphatic heterocycles. The van der Waals surface area contributed by atoms with Crippen LogP contribution in [-0.2, 0) is 19.1 Å². The van der Waals surface area contributed by atoms with Gasteiger partial charge in [-0.2, -0.15) is 0 Å². The van der Waals surface area contributed by atoms with Crippen molar-refractivity contribution in [3.63, 3.8) is 0 Å². The third-order valence-electron chi connectivity index (χ3n) is 4.86. The van der Waals surface area contributed by atoms with Gasteiger partial charge >= 0.3 is 5.97 Å².